The summed E-state index contributed by atoms with van der Waals surface area (Å²) in [6.07, 6.45) is 2.29. The second-order valence-electron chi connectivity index (χ2n) is 4.36. The summed E-state index contributed by atoms with van der Waals surface area (Å²) >= 11 is 3.42. The second kappa shape index (κ2) is 6.23. The van der Waals surface area contributed by atoms with E-state index in [0.29, 0.717) is 6.42 Å². The molecular weight excluding hydrogens is 309 g/mol. The summed E-state index contributed by atoms with van der Waals surface area (Å²) in [5.41, 5.74) is 5.53. The van der Waals surface area contributed by atoms with Crippen LogP contribution in [0.5, 0.6) is 0 Å². The number of nitrogens with one attached hydrogen (secondary N) is 1. The third-order valence-corrected chi connectivity index (χ3v) is 3.79. The first-order chi connectivity index (χ1) is 9.11. The number of nitrogens with two attached hydrogens (primary N) is 1. The summed E-state index contributed by atoms with van der Waals surface area (Å²) in [6.45, 7) is 1.98. The van der Waals surface area contributed by atoms with E-state index in [1.807, 2.05) is 19.1 Å². The van der Waals surface area contributed by atoms with Crippen LogP contribution in [0.1, 0.15) is 22.9 Å². The molecule has 1 heterocycles. The lowest BCUT2D eigenvalue weighted by molar-refractivity contribution is 0.532. The molecule has 2 rings (SSSR count). The Bertz CT molecular complexity index is 574. The topological polar surface area (TPSA) is 50.9 Å². The molecule has 3 N–H and O–H groups in total. The second-order valence-corrected chi connectivity index (χ2v) is 5.22. The minimum Gasteiger partial charge on any atom is -0.271 e. The van der Waals surface area contributed by atoms with E-state index in [2.05, 4.69) is 26.3 Å². The Labute approximate surface area is 120 Å². The molecule has 0 fully saturated rings. The van der Waals surface area contributed by atoms with Crippen LogP contribution < -0.4 is 11.3 Å². The van der Waals surface area contributed by atoms with E-state index in [1.165, 1.54) is 12.1 Å². The molecule has 1 atom stereocenters. The van der Waals surface area contributed by atoms with Crippen molar-refractivity contribution >= 4 is 15.9 Å². The molecule has 0 aliphatic carbocycles. The van der Waals surface area contributed by atoms with Gasteiger partial charge in [-0.15, -0.1) is 0 Å². The summed E-state index contributed by atoms with van der Waals surface area (Å²) < 4.78 is 14.2. The Morgan fingerprint density at radius 3 is 2.89 bits per heavy atom. The van der Waals surface area contributed by atoms with E-state index in [4.69, 9.17) is 5.84 Å². The van der Waals surface area contributed by atoms with Gasteiger partial charge in [-0.25, -0.2) is 4.39 Å². The summed E-state index contributed by atoms with van der Waals surface area (Å²) in [4.78, 5) is 4.35. The van der Waals surface area contributed by atoms with Crippen LogP contribution in [0.15, 0.2) is 41.0 Å². The van der Waals surface area contributed by atoms with Crippen LogP contribution in [0.25, 0.3) is 0 Å². The normalized spacial score (nSPS) is 12.4. The molecule has 100 valence electrons. The molecule has 0 aliphatic rings. The van der Waals surface area contributed by atoms with Crippen molar-refractivity contribution < 1.29 is 4.39 Å². The predicted molar refractivity (Wildman–Crippen MR) is 76.8 cm³/mol. The van der Waals surface area contributed by atoms with Gasteiger partial charge in [-0.3, -0.25) is 16.3 Å². The lowest BCUT2D eigenvalue weighted by Crippen LogP contribution is -2.31. The predicted octanol–water partition coefficient (Wildman–Crippen LogP) is 3.04. The standard InChI is InChI=1S/C14H15BrFN3/c1-9-3-2-6-18-14(9)13(19-17)8-10-7-11(16)4-5-12(10)15/h2-7,13,19H,8,17H2,1H3. The molecule has 1 aromatic heterocycles. The van der Waals surface area contributed by atoms with Gasteiger partial charge in [0.25, 0.3) is 0 Å². The molecule has 0 radical (unpaired) electrons. The van der Waals surface area contributed by atoms with Crippen molar-refractivity contribution in [1.82, 2.24) is 10.4 Å². The number of hydrogen-bond donors (Lipinski definition) is 2. The van der Waals surface area contributed by atoms with Crippen LogP contribution in [0.2, 0.25) is 0 Å². The van der Waals surface area contributed by atoms with Gasteiger partial charge in [0.05, 0.1) is 11.7 Å². The molecule has 3 nitrogen and oxygen atoms in total. The summed E-state index contributed by atoms with van der Waals surface area (Å²) in [7, 11) is 0. The van der Waals surface area contributed by atoms with Crippen LogP contribution in [0.4, 0.5) is 4.39 Å². The van der Waals surface area contributed by atoms with Gasteiger partial charge in [-0.05, 0) is 48.7 Å². The number of hydrazine groups is 1. The highest BCUT2D eigenvalue weighted by Crippen LogP contribution is 2.24. The largest absolute Gasteiger partial charge is 0.271 e. The maximum absolute atomic E-state index is 13.3. The van der Waals surface area contributed by atoms with E-state index >= 15 is 0 Å². The molecule has 5 heteroatoms. The van der Waals surface area contributed by atoms with Crippen LogP contribution in [-0.4, -0.2) is 4.98 Å². The first-order valence-corrected chi connectivity index (χ1v) is 6.72. The first-order valence-electron chi connectivity index (χ1n) is 5.93. The summed E-state index contributed by atoms with van der Waals surface area (Å²) in [5, 5.41) is 0. The van der Waals surface area contributed by atoms with Crippen molar-refractivity contribution in [2.45, 2.75) is 19.4 Å². The van der Waals surface area contributed by atoms with Gasteiger partial charge >= 0.3 is 0 Å². The fourth-order valence-electron chi connectivity index (χ4n) is 2.02. The maximum Gasteiger partial charge on any atom is 0.123 e. The third kappa shape index (κ3) is 3.37. The van der Waals surface area contributed by atoms with E-state index in [-0.39, 0.29) is 11.9 Å². The number of hydrogen-bond acceptors (Lipinski definition) is 3. The van der Waals surface area contributed by atoms with Crippen molar-refractivity contribution in [2.75, 3.05) is 0 Å². The first kappa shape index (κ1) is 14.1. The Hall–Kier alpha value is -1.30. The zero-order valence-corrected chi connectivity index (χ0v) is 12.1. The molecule has 19 heavy (non-hydrogen) atoms. The van der Waals surface area contributed by atoms with Gasteiger partial charge in [0.2, 0.25) is 0 Å². The SMILES string of the molecule is Cc1cccnc1C(Cc1cc(F)ccc1Br)NN. The average Bonchev–Trinajstić information content (AvgIpc) is 2.41. The minimum absolute atomic E-state index is 0.153. The molecule has 0 aliphatic heterocycles. The molecule has 2 aromatic rings. The molecule has 1 aromatic carbocycles. The summed E-state index contributed by atoms with van der Waals surface area (Å²) in [6, 6.07) is 8.33. The lowest BCUT2D eigenvalue weighted by Gasteiger charge is -2.18. The van der Waals surface area contributed by atoms with E-state index < -0.39 is 0 Å². The van der Waals surface area contributed by atoms with Crippen molar-refractivity contribution in [3.05, 3.63) is 63.6 Å². The number of aromatic nitrogens is 1. The Morgan fingerprint density at radius 1 is 1.42 bits per heavy atom. The fourth-order valence-corrected chi connectivity index (χ4v) is 2.43. The van der Waals surface area contributed by atoms with Crippen molar-refractivity contribution in [1.29, 1.82) is 0 Å². The monoisotopic (exact) mass is 323 g/mol. The molecule has 0 bridgehead atoms. The van der Waals surface area contributed by atoms with Gasteiger partial charge < -0.3 is 0 Å². The number of pyridine rings is 1. The molecular formula is C14H15BrFN3. The zero-order chi connectivity index (χ0) is 13.8. The van der Waals surface area contributed by atoms with Crippen LogP contribution in [-0.2, 0) is 6.42 Å². The molecule has 0 saturated heterocycles. The molecule has 0 spiro atoms. The van der Waals surface area contributed by atoms with Gasteiger partial charge in [0.1, 0.15) is 5.82 Å². The molecule has 0 saturated carbocycles. The molecule has 1 unspecified atom stereocenters. The van der Waals surface area contributed by atoms with E-state index in [9.17, 15) is 4.39 Å². The lowest BCUT2D eigenvalue weighted by atomic mass is 10.0. The number of nitrogens with zero attached hydrogens (tertiary/aromatic N) is 1. The Kier molecular flexibility index (Phi) is 4.63. The number of aryl methyl sites for hydroxylation is 1. The van der Waals surface area contributed by atoms with Gasteiger partial charge in [-0.1, -0.05) is 22.0 Å². The van der Waals surface area contributed by atoms with Crippen LogP contribution >= 0.6 is 15.9 Å². The van der Waals surface area contributed by atoms with Crippen molar-refractivity contribution in [2.24, 2.45) is 5.84 Å². The average molecular weight is 324 g/mol. The third-order valence-electron chi connectivity index (χ3n) is 3.01. The van der Waals surface area contributed by atoms with Gasteiger partial charge in [0, 0.05) is 10.7 Å². The summed E-state index contributed by atoms with van der Waals surface area (Å²) in [5.74, 6) is 5.35. The highest BCUT2D eigenvalue weighted by Gasteiger charge is 2.16. The van der Waals surface area contributed by atoms with Crippen molar-refractivity contribution in [3.63, 3.8) is 0 Å². The highest BCUT2D eigenvalue weighted by molar-refractivity contribution is 9.10. The van der Waals surface area contributed by atoms with Gasteiger partial charge in [0.15, 0.2) is 0 Å². The Balaban J connectivity index is 2.29. The Morgan fingerprint density at radius 2 is 2.21 bits per heavy atom. The number of rotatable bonds is 4. The minimum atomic E-state index is -0.258. The smallest absolute Gasteiger partial charge is 0.123 e. The molecule has 0 amide bonds. The number of halogens is 2. The van der Waals surface area contributed by atoms with E-state index in [0.717, 1.165) is 21.3 Å². The highest BCUT2D eigenvalue weighted by atomic mass is 79.9. The van der Waals surface area contributed by atoms with Crippen molar-refractivity contribution in [3.8, 4) is 0 Å². The fraction of sp³-hybridized carbons (Fsp3) is 0.214. The quantitative estimate of drug-likeness (QED) is 0.671. The van der Waals surface area contributed by atoms with Gasteiger partial charge in [-0.2, -0.15) is 0 Å². The number of benzene rings is 1. The van der Waals surface area contributed by atoms with Crippen LogP contribution in [0, 0.1) is 12.7 Å². The zero-order valence-electron chi connectivity index (χ0n) is 10.5. The van der Waals surface area contributed by atoms with Crippen LogP contribution in [0.3, 0.4) is 0 Å². The van der Waals surface area contributed by atoms with E-state index in [1.54, 1.807) is 12.3 Å². The maximum atomic E-state index is 13.3.